The molecule has 14 heavy (non-hydrogen) atoms. The molecule has 0 unspecified atom stereocenters. The quantitative estimate of drug-likeness (QED) is 0.483. The second-order valence-corrected chi connectivity index (χ2v) is 4.05. The Morgan fingerprint density at radius 2 is 1.93 bits per heavy atom. The van der Waals surface area contributed by atoms with Crippen LogP contribution in [0, 0.1) is 0 Å². The van der Waals surface area contributed by atoms with E-state index >= 15 is 0 Å². The van der Waals surface area contributed by atoms with Gasteiger partial charge < -0.3 is 4.74 Å². The van der Waals surface area contributed by atoms with Gasteiger partial charge >= 0.3 is 0 Å². The van der Waals surface area contributed by atoms with E-state index in [9.17, 15) is 0 Å². The van der Waals surface area contributed by atoms with Crippen molar-refractivity contribution in [2.24, 2.45) is 0 Å². The summed E-state index contributed by atoms with van der Waals surface area (Å²) >= 11 is 0. The predicted molar refractivity (Wildman–Crippen MR) is 61.1 cm³/mol. The molecule has 0 spiro atoms. The fourth-order valence-electron chi connectivity index (χ4n) is 1.72. The van der Waals surface area contributed by atoms with Crippen LogP contribution in [0.25, 0.3) is 0 Å². The number of hydrogen-bond donors (Lipinski definition) is 0. The van der Waals surface area contributed by atoms with Gasteiger partial charge in [0.25, 0.3) is 0 Å². The Kier molecular flexibility index (Phi) is 4.51. The Labute approximate surface area is 87.2 Å². The molecule has 0 aliphatic heterocycles. The maximum atomic E-state index is 5.88. The lowest BCUT2D eigenvalue weighted by Gasteiger charge is -2.13. The van der Waals surface area contributed by atoms with Crippen LogP contribution in [0.15, 0.2) is 36.1 Å². The Morgan fingerprint density at radius 1 is 1.29 bits per heavy atom. The zero-order valence-corrected chi connectivity index (χ0v) is 9.25. The van der Waals surface area contributed by atoms with E-state index in [1.54, 1.807) is 6.08 Å². The summed E-state index contributed by atoms with van der Waals surface area (Å²) in [5, 5.41) is 0. The van der Waals surface area contributed by atoms with E-state index in [1.807, 2.05) is 6.08 Å². The van der Waals surface area contributed by atoms with Crippen molar-refractivity contribution in [1.82, 2.24) is 0 Å². The summed E-state index contributed by atoms with van der Waals surface area (Å²) in [4.78, 5) is 0. The van der Waals surface area contributed by atoms with Gasteiger partial charge in [-0.1, -0.05) is 18.2 Å². The molecule has 0 saturated heterocycles. The third kappa shape index (κ3) is 3.82. The van der Waals surface area contributed by atoms with Gasteiger partial charge in [-0.05, 0) is 51.7 Å². The first-order valence-electron chi connectivity index (χ1n) is 5.36. The van der Waals surface area contributed by atoms with Crippen LogP contribution in [0.4, 0.5) is 0 Å². The van der Waals surface area contributed by atoms with Crippen molar-refractivity contribution in [2.75, 3.05) is 0 Å². The molecule has 78 valence electrons. The Bertz CT molecular complexity index is 238. The maximum Gasteiger partial charge on any atom is 0.119 e. The van der Waals surface area contributed by atoms with Crippen molar-refractivity contribution in [1.29, 1.82) is 0 Å². The van der Waals surface area contributed by atoms with E-state index in [4.69, 9.17) is 4.74 Å². The fourth-order valence-corrected chi connectivity index (χ4v) is 1.72. The van der Waals surface area contributed by atoms with E-state index < -0.39 is 0 Å². The lowest BCUT2D eigenvalue weighted by molar-refractivity contribution is 0.131. The second-order valence-electron chi connectivity index (χ2n) is 4.05. The van der Waals surface area contributed by atoms with Crippen LogP contribution < -0.4 is 0 Å². The smallest absolute Gasteiger partial charge is 0.119 e. The Balaban J connectivity index is 2.55. The molecule has 0 aromatic heterocycles. The van der Waals surface area contributed by atoms with Crippen LogP contribution in [0.3, 0.4) is 0 Å². The van der Waals surface area contributed by atoms with E-state index in [2.05, 4.69) is 26.5 Å². The van der Waals surface area contributed by atoms with Crippen LogP contribution in [0.1, 0.15) is 39.5 Å². The van der Waals surface area contributed by atoms with Crippen LogP contribution >= 0.6 is 0 Å². The molecule has 0 heterocycles. The normalized spacial score (nSPS) is 18.0. The Morgan fingerprint density at radius 3 is 2.43 bits per heavy atom. The standard InChI is InChI=1S/C13H20O/c1-4-7-13(10-11(2)3)14-12-8-5-6-9-12/h4,7,10,12H,1,5-6,8-9H2,2-3H3/b13-7+. The molecule has 1 rings (SSSR count). The zero-order chi connectivity index (χ0) is 10.4. The highest BCUT2D eigenvalue weighted by Gasteiger charge is 2.16. The van der Waals surface area contributed by atoms with Gasteiger partial charge in [0.15, 0.2) is 0 Å². The summed E-state index contributed by atoms with van der Waals surface area (Å²) in [6.45, 7) is 7.85. The molecule has 0 N–H and O–H groups in total. The summed E-state index contributed by atoms with van der Waals surface area (Å²) < 4.78 is 5.88. The lowest BCUT2D eigenvalue weighted by atomic mass is 10.2. The molecule has 1 saturated carbocycles. The first-order valence-corrected chi connectivity index (χ1v) is 5.36. The molecule has 1 nitrogen and oxygen atoms in total. The number of ether oxygens (including phenoxy) is 1. The zero-order valence-electron chi connectivity index (χ0n) is 9.25. The highest BCUT2D eigenvalue weighted by atomic mass is 16.5. The minimum atomic E-state index is 0.428. The van der Waals surface area contributed by atoms with Crippen molar-refractivity contribution < 1.29 is 4.74 Å². The van der Waals surface area contributed by atoms with Gasteiger partial charge in [0.2, 0.25) is 0 Å². The van der Waals surface area contributed by atoms with Crippen LogP contribution in [-0.2, 0) is 4.74 Å². The van der Waals surface area contributed by atoms with Crippen molar-refractivity contribution in [3.8, 4) is 0 Å². The molecule has 0 radical (unpaired) electrons. The van der Waals surface area contributed by atoms with E-state index in [0.717, 1.165) is 5.76 Å². The summed E-state index contributed by atoms with van der Waals surface area (Å²) in [6, 6.07) is 0. The van der Waals surface area contributed by atoms with Crippen molar-refractivity contribution >= 4 is 0 Å². The minimum absolute atomic E-state index is 0.428. The molecule has 0 aromatic carbocycles. The molecule has 1 fully saturated rings. The summed E-state index contributed by atoms with van der Waals surface area (Å²) in [5.41, 5.74) is 1.26. The third-order valence-corrected chi connectivity index (χ3v) is 2.32. The summed E-state index contributed by atoms with van der Waals surface area (Å²) in [6.07, 6.45) is 11.2. The first-order chi connectivity index (χ1) is 6.72. The van der Waals surface area contributed by atoms with E-state index in [0.29, 0.717) is 6.10 Å². The topological polar surface area (TPSA) is 9.23 Å². The molecule has 0 bridgehead atoms. The molecule has 1 aliphatic rings. The van der Waals surface area contributed by atoms with E-state index in [-0.39, 0.29) is 0 Å². The largest absolute Gasteiger partial charge is 0.490 e. The predicted octanol–water partition coefficient (Wildman–Crippen LogP) is 3.98. The highest BCUT2D eigenvalue weighted by molar-refractivity contribution is 5.20. The third-order valence-electron chi connectivity index (χ3n) is 2.32. The average Bonchev–Trinajstić information content (AvgIpc) is 2.56. The van der Waals surface area contributed by atoms with Gasteiger partial charge in [-0.2, -0.15) is 0 Å². The lowest BCUT2D eigenvalue weighted by Crippen LogP contribution is -2.06. The molecule has 0 aromatic rings. The van der Waals surface area contributed by atoms with E-state index in [1.165, 1.54) is 31.3 Å². The van der Waals surface area contributed by atoms with Crippen LogP contribution in [-0.4, -0.2) is 6.10 Å². The summed E-state index contributed by atoms with van der Waals surface area (Å²) in [5.74, 6) is 0.951. The van der Waals surface area contributed by atoms with Gasteiger partial charge in [0, 0.05) is 0 Å². The number of hydrogen-bond acceptors (Lipinski definition) is 1. The van der Waals surface area contributed by atoms with Crippen LogP contribution in [0.5, 0.6) is 0 Å². The van der Waals surface area contributed by atoms with Gasteiger partial charge in [-0.3, -0.25) is 0 Å². The molecular weight excluding hydrogens is 172 g/mol. The first kappa shape index (κ1) is 11.1. The van der Waals surface area contributed by atoms with Gasteiger partial charge in [-0.15, -0.1) is 0 Å². The SMILES string of the molecule is C=C/C=C(\C=C(C)C)OC1CCCC1. The van der Waals surface area contributed by atoms with Gasteiger partial charge in [-0.25, -0.2) is 0 Å². The second kappa shape index (κ2) is 5.69. The van der Waals surface area contributed by atoms with Crippen LogP contribution in [0.2, 0.25) is 0 Å². The van der Waals surface area contributed by atoms with Crippen molar-refractivity contribution in [3.05, 3.63) is 36.1 Å². The fraction of sp³-hybridized carbons (Fsp3) is 0.538. The monoisotopic (exact) mass is 192 g/mol. The highest BCUT2D eigenvalue weighted by Crippen LogP contribution is 2.23. The number of rotatable bonds is 4. The van der Waals surface area contributed by atoms with Crippen molar-refractivity contribution in [2.45, 2.75) is 45.6 Å². The minimum Gasteiger partial charge on any atom is -0.490 e. The molecule has 1 heteroatoms. The summed E-state index contributed by atoms with van der Waals surface area (Å²) in [7, 11) is 0. The van der Waals surface area contributed by atoms with Gasteiger partial charge in [0.1, 0.15) is 5.76 Å². The molecular formula is C13H20O. The Hall–Kier alpha value is -0.980. The van der Waals surface area contributed by atoms with Gasteiger partial charge in [0.05, 0.1) is 6.10 Å². The number of allylic oxidation sites excluding steroid dienone is 4. The molecule has 0 atom stereocenters. The molecule has 0 amide bonds. The maximum absolute atomic E-state index is 5.88. The average molecular weight is 192 g/mol. The molecule has 1 aliphatic carbocycles. The van der Waals surface area contributed by atoms with Crippen molar-refractivity contribution in [3.63, 3.8) is 0 Å².